The number of halogens is 1. The molecule has 8 heteroatoms. The Labute approximate surface area is 183 Å². The second-order valence-corrected chi connectivity index (χ2v) is 10.0. The summed E-state index contributed by atoms with van der Waals surface area (Å²) >= 11 is 0. The molecular formula is C23H29FN2O4S. The fraction of sp³-hybridized carbons (Fsp3) is 0.435. The van der Waals surface area contributed by atoms with Crippen LogP contribution < -0.4 is 14.8 Å². The number of anilines is 1. The van der Waals surface area contributed by atoms with Gasteiger partial charge < -0.3 is 10.1 Å². The summed E-state index contributed by atoms with van der Waals surface area (Å²) < 4.78 is 48.3. The van der Waals surface area contributed by atoms with Gasteiger partial charge in [0.1, 0.15) is 11.6 Å². The van der Waals surface area contributed by atoms with Crippen LogP contribution in [0, 0.1) is 24.6 Å². The first kappa shape index (κ1) is 23.2. The highest BCUT2D eigenvalue weighted by atomic mass is 32.2. The van der Waals surface area contributed by atoms with E-state index in [1.165, 1.54) is 13.2 Å². The number of methoxy groups -OCH3 is 1. The monoisotopic (exact) mass is 448 g/mol. The van der Waals surface area contributed by atoms with E-state index in [4.69, 9.17) is 4.74 Å². The molecule has 0 heterocycles. The summed E-state index contributed by atoms with van der Waals surface area (Å²) in [4.78, 5) is 12.6. The molecule has 0 radical (unpaired) electrons. The van der Waals surface area contributed by atoms with E-state index in [0.717, 1.165) is 37.0 Å². The molecule has 1 saturated carbocycles. The molecule has 2 N–H and O–H groups in total. The molecule has 1 fully saturated rings. The Hall–Kier alpha value is -2.45. The van der Waals surface area contributed by atoms with Gasteiger partial charge in [-0.15, -0.1) is 0 Å². The highest BCUT2D eigenvalue weighted by molar-refractivity contribution is 7.89. The van der Waals surface area contributed by atoms with Gasteiger partial charge in [-0.1, -0.05) is 32.8 Å². The molecule has 1 aliphatic rings. The first-order valence-corrected chi connectivity index (χ1v) is 11.9. The molecule has 31 heavy (non-hydrogen) atoms. The predicted molar refractivity (Wildman–Crippen MR) is 118 cm³/mol. The Morgan fingerprint density at radius 3 is 2.58 bits per heavy atom. The summed E-state index contributed by atoms with van der Waals surface area (Å²) in [6.45, 7) is 6.00. The highest BCUT2D eigenvalue weighted by Gasteiger charge is 2.31. The number of carbonyl (C=O) groups is 1. The minimum atomic E-state index is -3.90. The number of aryl methyl sites for hydroxylation is 1. The Balaban J connectivity index is 1.86. The van der Waals surface area contributed by atoms with Gasteiger partial charge in [-0.05, 0) is 61.1 Å². The molecule has 1 amide bonds. The van der Waals surface area contributed by atoms with Crippen LogP contribution >= 0.6 is 0 Å². The van der Waals surface area contributed by atoms with Crippen LogP contribution in [0.4, 0.5) is 10.1 Å². The van der Waals surface area contributed by atoms with Crippen molar-refractivity contribution in [1.82, 2.24) is 4.72 Å². The van der Waals surface area contributed by atoms with Crippen molar-refractivity contribution < 1.29 is 22.3 Å². The summed E-state index contributed by atoms with van der Waals surface area (Å²) in [5.74, 6) is -0.521. The topological polar surface area (TPSA) is 84.5 Å². The van der Waals surface area contributed by atoms with Crippen LogP contribution in [0.15, 0.2) is 41.3 Å². The van der Waals surface area contributed by atoms with Crippen LogP contribution in [0.3, 0.4) is 0 Å². The molecule has 2 aromatic carbocycles. The summed E-state index contributed by atoms with van der Waals surface area (Å²) in [6, 6.07) is 8.28. The first-order chi connectivity index (χ1) is 14.6. The molecule has 0 saturated heterocycles. The summed E-state index contributed by atoms with van der Waals surface area (Å²) in [5.41, 5.74) is 0.910. The normalized spacial score (nSPS) is 21.5. The SMILES string of the molecule is COc1ccc(C)cc1NC(=O)c1cc(S(=O)(=O)N[C@@H]2CCC[C@@H](C)[C@H]2C)ccc1F. The van der Waals surface area contributed by atoms with Gasteiger partial charge in [0.05, 0.1) is 23.3 Å². The van der Waals surface area contributed by atoms with Crippen LogP contribution in [-0.2, 0) is 10.0 Å². The summed E-state index contributed by atoms with van der Waals surface area (Å²) in [7, 11) is -2.44. The largest absolute Gasteiger partial charge is 0.495 e. The van der Waals surface area contributed by atoms with Crippen molar-refractivity contribution in [3.05, 3.63) is 53.3 Å². The molecule has 0 aliphatic heterocycles. The number of carbonyl (C=O) groups excluding carboxylic acids is 1. The van der Waals surface area contributed by atoms with Gasteiger partial charge in [-0.2, -0.15) is 0 Å². The van der Waals surface area contributed by atoms with E-state index >= 15 is 0 Å². The average Bonchev–Trinajstić information content (AvgIpc) is 2.71. The number of ether oxygens (including phenoxy) is 1. The molecule has 0 spiro atoms. The standard InChI is InChI=1S/C23H29FN2O4S/c1-14-8-11-22(30-4)21(12-14)25-23(27)18-13-17(9-10-19(18)24)31(28,29)26-20-7-5-6-15(2)16(20)3/h8-13,15-16,20,26H,5-7H2,1-4H3,(H,25,27)/t15-,16-,20-/m1/s1. The van der Waals surface area contributed by atoms with Crippen molar-refractivity contribution in [1.29, 1.82) is 0 Å². The molecule has 0 bridgehead atoms. The second kappa shape index (κ2) is 9.36. The van der Waals surface area contributed by atoms with Gasteiger partial charge in [-0.3, -0.25) is 4.79 Å². The Kier molecular flexibility index (Phi) is 7.01. The predicted octanol–water partition coefficient (Wildman–Crippen LogP) is 4.50. The number of amides is 1. The van der Waals surface area contributed by atoms with Crippen molar-refractivity contribution in [2.45, 2.75) is 51.0 Å². The molecule has 0 unspecified atom stereocenters. The lowest BCUT2D eigenvalue weighted by atomic mass is 9.78. The number of hydrogen-bond acceptors (Lipinski definition) is 4. The van der Waals surface area contributed by atoms with Gasteiger partial charge in [-0.25, -0.2) is 17.5 Å². The lowest BCUT2D eigenvalue weighted by Crippen LogP contribution is -2.43. The van der Waals surface area contributed by atoms with Crippen molar-refractivity contribution in [3.63, 3.8) is 0 Å². The zero-order chi connectivity index (χ0) is 22.8. The smallest absolute Gasteiger partial charge is 0.258 e. The number of hydrogen-bond donors (Lipinski definition) is 2. The summed E-state index contributed by atoms with van der Waals surface area (Å²) in [5, 5.41) is 2.61. The van der Waals surface area contributed by atoms with Crippen LogP contribution in [0.25, 0.3) is 0 Å². The minimum absolute atomic E-state index is 0.138. The zero-order valence-electron chi connectivity index (χ0n) is 18.2. The number of rotatable bonds is 6. The maximum Gasteiger partial charge on any atom is 0.258 e. The van der Waals surface area contributed by atoms with E-state index in [1.807, 2.05) is 19.9 Å². The van der Waals surface area contributed by atoms with Crippen molar-refractivity contribution in [3.8, 4) is 5.75 Å². The fourth-order valence-corrected chi connectivity index (χ4v) is 5.36. The quantitative estimate of drug-likeness (QED) is 0.682. The van der Waals surface area contributed by atoms with E-state index in [1.54, 1.807) is 12.1 Å². The van der Waals surface area contributed by atoms with Gasteiger partial charge >= 0.3 is 0 Å². The van der Waals surface area contributed by atoms with Gasteiger partial charge in [0.15, 0.2) is 0 Å². The average molecular weight is 449 g/mol. The van der Waals surface area contributed by atoms with E-state index in [2.05, 4.69) is 17.0 Å². The van der Waals surface area contributed by atoms with Crippen LogP contribution in [0.1, 0.15) is 49.0 Å². The first-order valence-electron chi connectivity index (χ1n) is 10.4. The minimum Gasteiger partial charge on any atom is -0.495 e. The van der Waals surface area contributed by atoms with Crippen LogP contribution in [0.2, 0.25) is 0 Å². The van der Waals surface area contributed by atoms with Crippen molar-refractivity contribution in [2.75, 3.05) is 12.4 Å². The van der Waals surface area contributed by atoms with E-state index in [0.29, 0.717) is 17.4 Å². The lowest BCUT2D eigenvalue weighted by Gasteiger charge is -2.34. The van der Waals surface area contributed by atoms with Crippen molar-refractivity contribution >= 4 is 21.6 Å². The maximum absolute atomic E-state index is 14.4. The van der Waals surface area contributed by atoms with Crippen molar-refractivity contribution in [2.24, 2.45) is 11.8 Å². The molecule has 3 atom stereocenters. The number of benzene rings is 2. The van der Waals surface area contributed by atoms with E-state index in [9.17, 15) is 17.6 Å². The zero-order valence-corrected chi connectivity index (χ0v) is 19.1. The third-order valence-corrected chi connectivity index (χ3v) is 7.60. The van der Waals surface area contributed by atoms with Crippen LogP contribution in [0.5, 0.6) is 5.75 Å². The third kappa shape index (κ3) is 5.25. The Morgan fingerprint density at radius 1 is 1.13 bits per heavy atom. The highest BCUT2D eigenvalue weighted by Crippen LogP contribution is 2.31. The summed E-state index contributed by atoms with van der Waals surface area (Å²) in [6.07, 6.45) is 2.78. The van der Waals surface area contributed by atoms with Crippen LogP contribution in [-0.4, -0.2) is 27.5 Å². The van der Waals surface area contributed by atoms with E-state index in [-0.39, 0.29) is 22.4 Å². The number of sulfonamides is 1. The van der Waals surface area contributed by atoms with Gasteiger partial charge in [0.25, 0.3) is 5.91 Å². The van der Waals surface area contributed by atoms with E-state index < -0.39 is 21.7 Å². The number of nitrogens with one attached hydrogen (secondary N) is 2. The molecular weight excluding hydrogens is 419 g/mol. The Bertz CT molecular complexity index is 1070. The fourth-order valence-electron chi connectivity index (χ4n) is 3.97. The second-order valence-electron chi connectivity index (χ2n) is 8.29. The van der Waals surface area contributed by atoms with Gasteiger partial charge in [0, 0.05) is 6.04 Å². The lowest BCUT2D eigenvalue weighted by molar-refractivity contribution is 0.102. The molecule has 0 aromatic heterocycles. The Morgan fingerprint density at radius 2 is 1.87 bits per heavy atom. The van der Waals surface area contributed by atoms with Gasteiger partial charge in [0.2, 0.25) is 10.0 Å². The molecule has 168 valence electrons. The molecule has 2 aromatic rings. The maximum atomic E-state index is 14.4. The third-order valence-electron chi connectivity index (χ3n) is 6.11. The molecule has 6 nitrogen and oxygen atoms in total. The molecule has 1 aliphatic carbocycles. The molecule has 3 rings (SSSR count).